The molecule has 3 nitrogen and oxygen atoms in total. The molecule has 2 rings (SSSR count). The fourth-order valence-electron chi connectivity index (χ4n) is 2.46. The highest BCUT2D eigenvalue weighted by Crippen LogP contribution is 2.40. The molecule has 1 aliphatic rings. The van der Waals surface area contributed by atoms with E-state index in [9.17, 15) is 0 Å². The van der Waals surface area contributed by atoms with Crippen molar-refractivity contribution in [2.75, 3.05) is 6.61 Å². The number of rotatable bonds is 4. The lowest BCUT2D eigenvalue weighted by atomic mass is 10.0. The van der Waals surface area contributed by atoms with E-state index in [1.165, 1.54) is 10.6 Å². The zero-order chi connectivity index (χ0) is 15.0. The van der Waals surface area contributed by atoms with Crippen LogP contribution < -0.4 is 5.32 Å². The minimum absolute atomic E-state index is 0.131. The Labute approximate surface area is 127 Å². The highest BCUT2D eigenvalue weighted by Gasteiger charge is 2.36. The van der Waals surface area contributed by atoms with Gasteiger partial charge in [0.1, 0.15) is 10.6 Å². The van der Waals surface area contributed by atoms with E-state index in [-0.39, 0.29) is 11.1 Å². The van der Waals surface area contributed by atoms with Gasteiger partial charge in [0, 0.05) is 23.6 Å². The standard InChI is InChI=1S/C16H28N2OS/c1-11(2)13-12(10-17-15(3,4)5)20-14(18-13)16(6)8-7-9-19-16/h11,17H,7-10H2,1-6H3. The molecule has 1 atom stereocenters. The first-order valence-corrected chi connectivity index (χ1v) is 8.42. The fourth-order valence-corrected chi connectivity index (χ4v) is 3.75. The van der Waals surface area contributed by atoms with Gasteiger partial charge in [-0.2, -0.15) is 0 Å². The monoisotopic (exact) mass is 296 g/mol. The lowest BCUT2D eigenvalue weighted by Crippen LogP contribution is -2.35. The molecule has 1 N–H and O–H groups in total. The van der Waals surface area contributed by atoms with E-state index in [1.807, 2.05) is 11.3 Å². The largest absolute Gasteiger partial charge is 0.368 e. The number of nitrogens with zero attached hydrogens (tertiary/aromatic N) is 1. The summed E-state index contributed by atoms with van der Waals surface area (Å²) in [6.07, 6.45) is 2.23. The summed E-state index contributed by atoms with van der Waals surface area (Å²) in [5.41, 5.74) is 1.21. The molecule has 1 saturated heterocycles. The number of ether oxygens (including phenoxy) is 1. The van der Waals surface area contributed by atoms with Crippen molar-refractivity contribution in [3.8, 4) is 0 Å². The van der Waals surface area contributed by atoms with Crippen molar-refractivity contribution in [1.29, 1.82) is 0 Å². The third kappa shape index (κ3) is 3.60. The van der Waals surface area contributed by atoms with Gasteiger partial charge >= 0.3 is 0 Å². The molecular formula is C16H28N2OS. The number of hydrogen-bond acceptors (Lipinski definition) is 4. The van der Waals surface area contributed by atoms with Crippen molar-refractivity contribution < 1.29 is 4.74 Å². The molecule has 1 unspecified atom stereocenters. The smallest absolute Gasteiger partial charge is 0.125 e. The van der Waals surface area contributed by atoms with Gasteiger partial charge in [0.15, 0.2) is 0 Å². The van der Waals surface area contributed by atoms with Gasteiger partial charge in [-0.3, -0.25) is 0 Å². The molecule has 1 fully saturated rings. The van der Waals surface area contributed by atoms with Crippen LogP contribution in [0.5, 0.6) is 0 Å². The first-order chi connectivity index (χ1) is 9.21. The zero-order valence-corrected chi connectivity index (χ0v) is 14.5. The third-order valence-electron chi connectivity index (χ3n) is 3.72. The van der Waals surface area contributed by atoms with Crippen LogP contribution in [0.25, 0.3) is 0 Å². The Kier molecular flexibility index (Phi) is 4.57. The minimum Gasteiger partial charge on any atom is -0.368 e. The van der Waals surface area contributed by atoms with E-state index in [4.69, 9.17) is 9.72 Å². The van der Waals surface area contributed by atoms with E-state index in [0.717, 1.165) is 31.0 Å². The topological polar surface area (TPSA) is 34.1 Å². The number of hydrogen-bond donors (Lipinski definition) is 1. The van der Waals surface area contributed by atoms with E-state index in [1.54, 1.807) is 0 Å². The average molecular weight is 296 g/mol. The van der Waals surface area contributed by atoms with E-state index < -0.39 is 0 Å². The second-order valence-electron chi connectivity index (χ2n) is 7.27. The van der Waals surface area contributed by atoms with Gasteiger partial charge in [-0.1, -0.05) is 13.8 Å². The van der Waals surface area contributed by atoms with Gasteiger partial charge < -0.3 is 10.1 Å². The zero-order valence-electron chi connectivity index (χ0n) is 13.7. The van der Waals surface area contributed by atoms with Crippen LogP contribution in [-0.2, 0) is 16.9 Å². The van der Waals surface area contributed by atoms with Crippen LogP contribution >= 0.6 is 11.3 Å². The molecular weight excluding hydrogens is 268 g/mol. The summed E-state index contributed by atoms with van der Waals surface area (Å²) in [6.45, 7) is 15.0. The lowest BCUT2D eigenvalue weighted by Gasteiger charge is -2.20. The maximum absolute atomic E-state index is 5.95. The molecule has 114 valence electrons. The molecule has 1 aromatic heterocycles. The predicted octanol–water partition coefficient (Wildman–Crippen LogP) is 4.18. The van der Waals surface area contributed by atoms with Gasteiger partial charge in [0.25, 0.3) is 0 Å². The van der Waals surface area contributed by atoms with Crippen LogP contribution in [0.15, 0.2) is 0 Å². The second kappa shape index (κ2) is 5.74. The van der Waals surface area contributed by atoms with Crippen molar-refractivity contribution in [3.05, 3.63) is 15.6 Å². The second-order valence-corrected chi connectivity index (χ2v) is 8.35. The Morgan fingerprint density at radius 2 is 2.10 bits per heavy atom. The first-order valence-electron chi connectivity index (χ1n) is 7.60. The molecule has 20 heavy (non-hydrogen) atoms. The fraction of sp³-hybridized carbons (Fsp3) is 0.812. The minimum atomic E-state index is -0.158. The van der Waals surface area contributed by atoms with Crippen LogP contribution in [0, 0.1) is 0 Å². The summed E-state index contributed by atoms with van der Waals surface area (Å²) in [6, 6.07) is 0. The van der Waals surface area contributed by atoms with E-state index in [2.05, 4.69) is 46.9 Å². The third-order valence-corrected chi connectivity index (χ3v) is 5.04. The van der Waals surface area contributed by atoms with E-state index >= 15 is 0 Å². The molecule has 0 aromatic carbocycles. The summed E-state index contributed by atoms with van der Waals surface area (Å²) in [5, 5.41) is 4.74. The molecule has 2 heterocycles. The molecule has 0 spiro atoms. The quantitative estimate of drug-likeness (QED) is 0.905. The number of thiazole rings is 1. The van der Waals surface area contributed by atoms with E-state index in [0.29, 0.717) is 5.92 Å². The Bertz CT molecular complexity index is 454. The molecule has 0 bridgehead atoms. The van der Waals surface area contributed by atoms with Gasteiger partial charge in [-0.15, -0.1) is 11.3 Å². The summed E-state index contributed by atoms with van der Waals surface area (Å²) in [4.78, 5) is 6.28. The van der Waals surface area contributed by atoms with Crippen LogP contribution in [-0.4, -0.2) is 17.1 Å². The molecule has 0 aliphatic carbocycles. The molecule has 0 radical (unpaired) electrons. The van der Waals surface area contributed by atoms with Crippen LogP contribution in [0.4, 0.5) is 0 Å². The molecule has 4 heteroatoms. The predicted molar refractivity (Wildman–Crippen MR) is 85.3 cm³/mol. The maximum Gasteiger partial charge on any atom is 0.125 e. The normalized spacial score (nSPS) is 23.8. The highest BCUT2D eigenvalue weighted by atomic mass is 32.1. The van der Waals surface area contributed by atoms with Gasteiger partial charge in [0.05, 0.1) is 5.69 Å². The van der Waals surface area contributed by atoms with Gasteiger partial charge in [0.2, 0.25) is 0 Å². The van der Waals surface area contributed by atoms with Crippen LogP contribution in [0.2, 0.25) is 0 Å². The number of aromatic nitrogens is 1. The summed E-state index contributed by atoms with van der Waals surface area (Å²) < 4.78 is 5.95. The SMILES string of the molecule is CC(C)c1nc(C2(C)CCCO2)sc1CNC(C)(C)C. The molecule has 1 aromatic rings. The molecule has 0 saturated carbocycles. The van der Waals surface area contributed by atoms with Crippen molar-refractivity contribution in [2.24, 2.45) is 0 Å². The number of nitrogens with one attached hydrogen (secondary N) is 1. The van der Waals surface area contributed by atoms with Crippen molar-refractivity contribution in [3.63, 3.8) is 0 Å². The van der Waals surface area contributed by atoms with Crippen molar-refractivity contribution in [2.45, 2.75) is 78.0 Å². The highest BCUT2D eigenvalue weighted by molar-refractivity contribution is 7.11. The molecule has 0 amide bonds. The van der Waals surface area contributed by atoms with Gasteiger partial charge in [-0.25, -0.2) is 4.98 Å². The first kappa shape index (κ1) is 15.9. The van der Waals surface area contributed by atoms with Crippen molar-refractivity contribution in [1.82, 2.24) is 10.3 Å². The average Bonchev–Trinajstić information content (AvgIpc) is 2.92. The maximum atomic E-state index is 5.95. The van der Waals surface area contributed by atoms with Crippen LogP contribution in [0.3, 0.4) is 0 Å². The Morgan fingerprint density at radius 3 is 2.60 bits per heavy atom. The Morgan fingerprint density at radius 1 is 1.40 bits per heavy atom. The lowest BCUT2D eigenvalue weighted by molar-refractivity contribution is 0.0165. The summed E-state index contributed by atoms with van der Waals surface area (Å²) >= 11 is 1.83. The Hall–Kier alpha value is -0.450. The van der Waals surface area contributed by atoms with Crippen LogP contribution in [0.1, 0.15) is 75.9 Å². The molecule has 1 aliphatic heterocycles. The Balaban J connectivity index is 2.24. The summed E-state index contributed by atoms with van der Waals surface area (Å²) in [7, 11) is 0. The van der Waals surface area contributed by atoms with Crippen molar-refractivity contribution >= 4 is 11.3 Å². The van der Waals surface area contributed by atoms with Gasteiger partial charge in [-0.05, 0) is 46.5 Å². The summed E-state index contributed by atoms with van der Waals surface area (Å²) in [5.74, 6) is 0.460.